The summed E-state index contributed by atoms with van der Waals surface area (Å²) in [6, 6.07) is 11.5. The first kappa shape index (κ1) is 13.3. The van der Waals surface area contributed by atoms with E-state index in [4.69, 9.17) is 0 Å². The van der Waals surface area contributed by atoms with Crippen LogP contribution in [0.3, 0.4) is 0 Å². The van der Waals surface area contributed by atoms with Crippen LogP contribution < -0.4 is 5.32 Å². The van der Waals surface area contributed by atoms with E-state index in [-0.39, 0.29) is 5.41 Å². The fourth-order valence-corrected chi connectivity index (χ4v) is 4.43. The molecular weight excluding hydrogens is 318 g/mol. The molecule has 19 heavy (non-hydrogen) atoms. The van der Waals surface area contributed by atoms with Crippen LogP contribution in [0.5, 0.6) is 0 Å². The number of fused-ring (bicyclic) bond motifs is 1. The molecule has 100 valence electrons. The summed E-state index contributed by atoms with van der Waals surface area (Å²) >= 11 is 5.32. The Labute approximate surface area is 127 Å². The van der Waals surface area contributed by atoms with Crippen molar-refractivity contribution < 1.29 is 0 Å². The summed E-state index contributed by atoms with van der Waals surface area (Å²) in [5.41, 5.74) is 3.26. The summed E-state index contributed by atoms with van der Waals surface area (Å²) in [5.74, 6) is 0. The third-order valence-electron chi connectivity index (χ3n) is 3.90. The topological polar surface area (TPSA) is 12.0 Å². The smallest absolute Gasteiger partial charge is 0.0380 e. The maximum absolute atomic E-state index is 3.75. The van der Waals surface area contributed by atoms with E-state index in [0.717, 1.165) is 13.0 Å². The second-order valence-electron chi connectivity index (χ2n) is 5.91. The Morgan fingerprint density at radius 2 is 2.16 bits per heavy atom. The van der Waals surface area contributed by atoms with Crippen molar-refractivity contribution >= 4 is 27.3 Å². The molecule has 0 amide bonds. The van der Waals surface area contributed by atoms with Crippen LogP contribution in [-0.2, 0) is 13.0 Å². The lowest BCUT2D eigenvalue weighted by Gasteiger charge is -2.28. The van der Waals surface area contributed by atoms with Crippen molar-refractivity contribution in [3.63, 3.8) is 0 Å². The quantitative estimate of drug-likeness (QED) is 0.838. The average molecular weight is 336 g/mol. The zero-order valence-electron chi connectivity index (χ0n) is 11.2. The van der Waals surface area contributed by atoms with Crippen LogP contribution in [0.4, 0.5) is 0 Å². The first-order chi connectivity index (χ1) is 9.06. The summed E-state index contributed by atoms with van der Waals surface area (Å²) in [6.45, 7) is 5.66. The van der Waals surface area contributed by atoms with Gasteiger partial charge in [-0.15, -0.1) is 11.3 Å². The largest absolute Gasteiger partial charge is 0.305 e. The molecule has 0 bridgehead atoms. The minimum absolute atomic E-state index is 0.290. The van der Waals surface area contributed by atoms with Crippen LogP contribution in [0.1, 0.15) is 35.9 Å². The molecule has 1 aliphatic rings. The van der Waals surface area contributed by atoms with E-state index in [1.54, 1.807) is 11.3 Å². The number of hydrogen-bond donors (Lipinski definition) is 1. The lowest BCUT2D eigenvalue weighted by Crippen LogP contribution is -2.30. The number of hydrogen-bond acceptors (Lipinski definition) is 2. The van der Waals surface area contributed by atoms with Gasteiger partial charge in [0.25, 0.3) is 0 Å². The van der Waals surface area contributed by atoms with Gasteiger partial charge in [0, 0.05) is 27.3 Å². The van der Waals surface area contributed by atoms with Gasteiger partial charge in [-0.25, -0.2) is 0 Å². The third kappa shape index (κ3) is 2.64. The van der Waals surface area contributed by atoms with Crippen LogP contribution >= 0.6 is 27.3 Å². The number of halogens is 1. The van der Waals surface area contributed by atoms with Gasteiger partial charge in [-0.3, -0.25) is 0 Å². The van der Waals surface area contributed by atoms with Crippen LogP contribution in [0.15, 0.2) is 40.2 Å². The molecule has 0 saturated carbocycles. The minimum Gasteiger partial charge on any atom is -0.305 e. The molecule has 1 aromatic heterocycles. The van der Waals surface area contributed by atoms with Crippen molar-refractivity contribution in [2.45, 2.75) is 32.9 Å². The van der Waals surface area contributed by atoms with Crippen LogP contribution in [-0.4, -0.2) is 0 Å². The van der Waals surface area contributed by atoms with E-state index >= 15 is 0 Å². The molecule has 2 aromatic rings. The van der Waals surface area contributed by atoms with Gasteiger partial charge in [-0.05, 0) is 45.0 Å². The summed E-state index contributed by atoms with van der Waals surface area (Å²) in [4.78, 5) is 1.38. The molecule has 1 aliphatic carbocycles. The second kappa shape index (κ2) is 5.04. The predicted octanol–water partition coefficient (Wildman–Crippen LogP) is 4.92. The van der Waals surface area contributed by atoms with Gasteiger partial charge >= 0.3 is 0 Å². The van der Waals surface area contributed by atoms with Crippen molar-refractivity contribution in [1.29, 1.82) is 0 Å². The highest BCUT2D eigenvalue weighted by Gasteiger charge is 2.38. The Morgan fingerprint density at radius 1 is 1.37 bits per heavy atom. The molecule has 0 spiro atoms. The Kier molecular flexibility index (Phi) is 3.54. The summed E-state index contributed by atoms with van der Waals surface area (Å²) in [7, 11) is 0. The van der Waals surface area contributed by atoms with Gasteiger partial charge in [0.1, 0.15) is 0 Å². The van der Waals surface area contributed by atoms with Gasteiger partial charge < -0.3 is 5.32 Å². The average Bonchev–Trinajstić information content (AvgIpc) is 2.87. The lowest BCUT2D eigenvalue weighted by atomic mass is 9.85. The highest BCUT2D eigenvalue weighted by atomic mass is 79.9. The fraction of sp³-hybridized carbons (Fsp3) is 0.375. The maximum Gasteiger partial charge on any atom is 0.0380 e. The monoisotopic (exact) mass is 335 g/mol. The molecule has 0 fully saturated rings. The van der Waals surface area contributed by atoms with Gasteiger partial charge in [0.2, 0.25) is 0 Å². The van der Waals surface area contributed by atoms with Gasteiger partial charge in [-0.1, -0.05) is 38.1 Å². The number of benzene rings is 1. The summed E-state index contributed by atoms with van der Waals surface area (Å²) < 4.78 is 1.18. The molecule has 1 unspecified atom stereocenters. The highest BCUT2D eigenvalue weighted by molar-refractivity contribution is 9.10. The minimum atomic E-state index is 0.290. The Hall–Kier alpha value is -0.640. The van der Waals surface area contributed by atoms with Crippen LogP contribution in [0.25, 0.3) is 0 Å². The SMILES string of the molecule is CC1(C)Cc2ccccc2C1NCc1cc(Br)cs1. The zero-order valence-corrected chi connectivity index (χ0v) is 13.6. The molecule has 1 nitrogen and oxygen atoms in total. The standard InChI is InChI=1S/C16H18BrNS/c1-16(2)8-11-5-3-4-6-14(11)15(16)18-9-13-7-12(17)10-19-13/h3-7,10,15,18H,8-9H2,1-2H3. The molecule has 0 saturated heterocycles. The highest BCUT2D eigenvalue weighted by Crippen LogP contribution is 2.45. The first-order valence-corrected chi connectivity index (χ1v) is 8.28. The van der Waals surface area contributed by atoms with Gasteiger partial charge in [0.05, 0.1) is 0 Å². The maximum atomic E-state index is 3.75. The summed E-state index contributed by atoms with van der Waals surface area (Å²) in [6.07, 6.45) is 1.16. The molecule has 0 radical (unpaired) electrons. The van der Waals surface area contributed by atoms with E-state index < -0.39 is 0 Å². The normalized spacial score (nSPS) is 20.5. The molecule has 0 aliphatic heterocycles. The van der Waals surface area contributed by atoms with Crippen molar-refractivity contribution in [2.24, 2.45) is 5.41 Å². The molecule has 3 rings (SSSR count). The number of rotatable bonds is 3. The van der Waals surface area contributed by atoms with Crippen molar-refractivity contribution in [1.82, 2.24) is 5.32 Å². The first-order valence-electron chi connectivity index (χ1n) is 6.60. The van der Waals surface area contributed by atoms with Crippen LogP contribution in [0, 0.1) is 5.41 Å². The van der Waals surface area contributed by atoms with Crippen molar-refractivity contribution in [3.05, 3.63) is 56.2 Å². The molecule has 1 N–H and O–H groups in total. The van der Waals surface area contributed by atoms with E-state index in [1.165, 1.54) is 20.5 Å². The molecule has 1 aromatic carbocycles. The van der Waals surface area contributed by atoms with Gasteiger partial charge in [0.15, 0.2) is 0 Å². The fourth-order valence-electron chi connectivity index (χ4n) is 3.03. The number of nitrogens with one attached hydrogen (secondary N) is 1. The lowest BCUT2D eigenvalue weighted by molar-refractivity contribution is 0.268. The van der Waals surface area contributed by atoms with E-state index in [1.807, 2.05) is 0 Å². The van der Waals surface area contributed by atoms with Crippen molar-refractivity contribution in [2.75, 3.05) is 0 Å². The predicted molar refractivity (Wildman–Crippen MR) is 85.5 cm³/mol. The second-order valence-corrected chi connectivity index (χ2v) is 7.82. The van der Waals surface area contributed by atoms with Crippen molar-refractivity contribution in [3.8, 4) is 0 Å². The molecule has 1 heterocycles. The Bertz CT molecular complexity index is 588. The van der Waals surface area contributed by atoms with E-state index in [9.17, 15) is 0 Å². The number of thiophene rings is 1. The molecule has 3 heteroatoms. The third-order valence-corrected chi connectivity index (χ3v) is 5.59. The molecular formula is C16H18BrNS. The Balaban J connectivity index is 1.79. The summed E-state index contributed by atoms with van der Waals surface area (Å²) in [5, 5.41) is 5.89. The Morgan fingerprint density at radius 3 is 2.89 bits per heavy atom. The molecule has 1 atom stereocenters. The van der Waals surface area contributed by atoms with Crippen LogP contribution in [0.2, 0.25) is 0 Å². The van der Waals surface area contributed by atoms with E-state index in [2.05, 4.69) is 70.8 Å². The zero-order chi connectivity index (χ0) is 13.5. The van der Waals surface area contributed by atoms with E-state index in [0.29, 0.717) is 6.04 Å². The van der Waals surface area contributed by atoms with Gasteiger partial charge in [-0.2, -0.15) is 0 Å².